The molecular formula is C28H43N5O8. The van der Waals surface area contributed by atoms with Crippen LogP contribution in [-0.4, -0.2) is 88.4 Å². The molecule has 13 heteroatoms. The highest BCUT2D eigenvalue weighted by Crippen LogP contribution is 2.15. The Bertz CT molecular complexity index is 1050. The molecule has 7 N–H and O–H groups in total. The SMILES string of the molecule is CC(=O)N[C@@H](CCCCN)C(=O)N[C@@H](CC(C)C)C(=O)N(C)[C@@H](Cc1ccccc1)C(=O)N[C@@H](CC(=O)O)C(=O)O. The third-order valence-electron chi connectivity index (χ3n) is 6.35. The maximum Gasteiger partial charge on any atom is 0.326 e. The summed E-state index contributed by atoms with van der Waals surface area (Å²) < 4.78 is 0. The van der Waals surface area contributed by atoms with E-state index in [1.807, 2.05) is 13.8 Å². The predicted molar refractivity (Wildman–Crippen MR) is 150 cm³/mol. The summed E-state index contributed by atoms with van der Waals surface area (Å²) in [6.45, 7) is 5.43. The first-order chi connectivity index (χ1) is 19.3. The van der Waals surface area contributed by atoms with Crippen LogP contribution in [0.15, 0.2) is 30.3 Å². The first-order valence-electron chi connectivity index (χ1n) is 13.6. The normalized spacial score (nSPS) is 13.8. The molecule has 228 valence electrons. The van der Waals surface area contributed by atoms with E-state index in [1.165, 1.54) is 14.0 Å². The van der Waals surface area contributed by atoms with Gasteiger partial charge in [0, 0.05) is 20.4 Å². The molecule has 0 saturated carbocycles. The van der Waals surface area contributed by atoms with Gasteiger partial charge in [-0.15, -0.1) is 0 Å². The first-order valence-corrected chi connectivity index (χ1v) is 13.6. The Morgan fingerprint density at radius 1 is 0.878 bits per heavy atom. The van der Waals surface area contributed by atoms with Gasteiger partial charge in [0.15, 0.2) is 0 Å². The molecule has 1 rings (SSSR count). The Balaban J connectivity index is 3.30. The van der Waals surface area contributed by atoms with Crippen LogP contribution in [0.5, 0.6) is 0 Å². The molecule has 4 atom stereocenters. The number of carboxylic acids is 2. The molecule has 0 radical (unpaired) electrons. The number of hydrogen-bond donors (Lipinski definition) is 6. The van der Waals surface area contributed by atoms with Gasteiger partial charge in [0.2, 0.25) is 23.6 Å². The van der Waals surface area contributed by atoms with Crippen molar-refractivity contribution < 1.29 is 39.0 Å². The third kappa shape index (κ3) is 12.8. The minimum absolute atomic E-state index is 0.00424. The molecule has 0 aromatic heterocycles. The number of rotatable bonds is 18. The van der Waals surface area contributed by atoms with Crippen molar-refractivity contribution in [3.05, 3.63) is 35.9 Å². The molecule has 0 aliphatic rings. The lowest BCUT2D eigenvalue weighted by Gasteiger charge is -2.33. The fraction of sp³-hybridized carbons (Fsp3) is 0.571. The second-order valence-electron chi connectivity index (χ2n) is 10.4. The summed E-state index contributed by atoms with van der Waals surface area (Å²) in [4.78, 5) is 75.9. The molecule has 0 saturated heterocycles. The van der Waals surface area contributed by atoms with Crippen LogP contribution in [-0.2, 0) is 35.2 Å². The molecule has 1 aromatic rings. The van der Waals surface area contributed by atoms with Gasteiger partial charge in [0.05, 0.1) is 6.42 Å². The third-order valence-corrected chi connectivity index (χ3v) is 6.35. The molecular weight excluding hydrogens is 534 g/mol. The van der Waals surface area contributed by atoms with Gasteiger partial charge in [-0.25, -0.2) is 4.79 Å². The smallest absolute Gasteiger partial charge is 0.326 e. The van der Waals surface area contributed by atoms with Crippen LogP contribution in [0.25, 0.3) is 0 Å². The van der Waals surface area contributed by atoms with Crippen molar-refractivity contribution in [1.82, 2.24) is 20.9 Å². The number of carbonyl (C=O) groups is 6. The van der Waals surface area contributed by atoms with Crippen molar-refractivity contribution in [2.75, 3.05) is 13.6 Å². The number of unbranched alkanes of at least 4 members (excludes halogenated alkanes) is 1. The molecule has 0 bridgehead atoms. The Morgan fingerprint density at radius 3 is 2.00 bits per heavy atom. The van der Waals surface area contributed by atoms with Crippen LogP contribution in [0, 0.1) is 5.92 Å². The summed E-state index contributed by atoms with van der Waals surface area (Å²) in [6, 6.07) is 3.85. The van der Waals surface area contributed by atoms with E-state index >= 15 is 0 Å². The molecule has 4 amide bonds. The molecule has 0 heterocycles. The first kappa shape index (κ1) is 35.0. The van der Waals surface area contributed by atoms with Gasteiger partial charge in [0.25, 0.3) is 0 Å². The number of carbonyl (C=O) groups excluding carboxylic acids is 4. The quantitative estimate of drug-likeness (QED) is 0.132. The summed E-state index contributed by atoms with van der Waals surface area (Å²) in [7, 11) is 1.37. The van der Waals surface area contributed by atoms with Crippen LogP contribution < -0.4 is 21.7 Å². The van der Waals surface area contributed by atoms with Gasteiger partial charge in [-0.3, -0.25) is 24.0 Å². The molecule has 0 aliphatic carbocycles. The van der Waals surface area contributed by atoms with Crippen molar-refractivity contribution in [1.29, 1.82) is 0 Å². The monoisotopic (exact) mass is 577 g/mol. The lowest BCUT2D eigenvalue weighted by Crippen LogP contribution is -2.58. The Hall–Kier alpha value is -4.00. The van der Waals surface area contributed by atoms with E-state index in [0.29, 0.717) is 31.4 Å². The van der Waals surface area contributed by atoms with Gasteiger partial charge < -0.3 is 36.8 Å². The highest BCUT2D eigenvalue weighted by atomic mass is 16.4. The number of carboxylic acid groups (broad SMARTS) is 2. The van der Waals surface area contributed by atoms with E-state index in [9.17, 15) is 33.9 Å². The summed E-state index contributed by atoms with van der Waals surface area (Å²) in [5.74, 6) is -5.40. The Kier molecular flexibility index (Phi) is 15.1. The average molecular weight is 578 g/mol. The van der Waals surface area contributed by atoms with E-state index in [2.05, 4.69) is 16.0 Å². The summed E-state index contributed by atoms with van der Waals surface area (Å²) >= 11 is 0. The number of benzene rings is 1. The van der Waals surface area contributed by atoms with Crippen LogP contribution in [0.2, 0.25) is 0 Å². The minimum Gasteiger partial charge on any atom is -0.481 e. The molecule has 0 aliphatic heterocycles. The number of aliphatic carboxylic acids is 2. The zero-order valence-electron chi connectivity index (χ0n) is 24.1. The highest BCUT2D eigenvalue weighted by Gasteiger charge is 2.35. The highest BCUT2D eigenvalue weighted by molar-refractivity contribution is 5.95. The summed E-state index contributed by atoms with van der Waals surface area (Å²) in [5, 5.41) is 26.1. The lowest BCUT2D eigenvalue weighted by atomic mass is 9.99. The average Bonchev–Trinajstić information content (AvgIpc) is 2.89. The minimum atomic E-state index is -1.71. The fourth-order valence-corrected chi connectivity index (χ4v) is 4.26. The molecule has 1 aromatic carbocycles. The van der Waals surface area contributed by atoms with Crippen LogP contribution in [0.1, 0.15) is 58.4 Å². The van der Waals surface area contributed by atoms with E-state index in [-0.39, 0.29) is 18.8 Å². The zero-order chi connectivity index (χ0) is 31.1. The van der Waals surface area contributed by atoms with Crippen molar-refractivity contribution in [3.63, 3.8) is 0 Å². The summed E-state index contributed by atoms with van der Waals surface area (Å²) in [6.07, 6.45) is 0.927. The van der Waals surface area contributed by atoms with Crippen LogP contribution in [0.4, 0.5) is 0 Å². The van der Waals surface area contributed by atoms with Gasteiger partial charge >= 0.3 is 11.9 Å². The van der Waals surface area contributed by atoms with E-state index in [1.54, 1.807) is 30.3 Å². The fourth-order valence-electron chi connectivity index (χ4n) is 4.26. The molecule has 0 fully saturated rings. The largest absolute Gasteiger partial charge is 0.481 e. The maximum absolute atomic E-state index is 13.8. The van der Waals surface area contributed by atoms with Crippen LogP contribution >= 0.6 is 0 Å². The van der Waals surface area contributed by atoms with Crippen molar-refractivity contribution in [2.24, 2.45) is 11.7 Å². The van der Waals surface area contributed by atoms with Crippen molar-refractivity contribution in [2.45, 2.75) is 83.5 Å². The number of amides is 4. The number of hydrogen-bond acceptors (Lipinski definition) is 7. The Labute approximate surface area is 240 Å². The lowest BCUT2D eigenvalue weighted by molar-refractivity contribution is -0.148. The van der Waals surface area contributed by atoms with Gasteiger partial charge in [-0.05, 0) is 43.7 Å². The van der Waals surface area contributed by atoms with E-state index < -0.39 is 66.2 Å². The van der Waals surface area contributed by atoms with Crippen LogP contribution in [0.3, 0.4) is 0 Å². The van der Waals surface area contributed by atoms with Gasteiger partial charge in [-0.1, -0.05) is 44.2 Å². The molecule has 0 unspecified atom stereocenters. The van der Waals surface area contributed by atoms with E-state index in [4.69, 9.17) is 10.8 Å². The van der Waals surface area contributed by atoms with Crippen molar-refractivity contribution >= 4 is 35.6 Å². The topological polar surface area (TPSA) is 208 Å². The maximum atomic E-state index is 13.8. The second-order valence-corrected chi connectivity index (χ2v) is 10.4. The van der Waals surface area contributed by atoms with Crippen molar-refractivity contribution in [3.8, 4) is 0 Å². The summed E-state index contributed by atoms with van der Waals surface area (Å²) in [5.41, 5.74) is 6.22. The Morgan fingerprint density at radius 2 is 1.49 bits per heavy atom. The van der Waals surface area contributed by atoms with E-state index in [0.717, 1.165) is 4.90 Å². The van der Waals surface area contributed by atoms with Gasteiger partial charge in [0.1, 0.15) is 24.2 Å². The second kappa shape index (κ2) is 17.6. The molecule has 41 heavy (non-hydrogen) atoms. The number of nitrogens with two attached hydrogens (primary N) is 1. The number of nitrogens with zero attached hydrogens (tertiary/aromatic N) is 1. The predicted octanol–water partition coefficient (Wildman–Crippen LogP) is 0.265. The number of nitrogens with one attached hydrogen (secondary N) is 3. The molecule has 13 nitrogen and oxygen atoms in total. The molecule has 0 spiro atoms. The zero-order valence-corrected chi connectivity index (χ0v) is 24.1. The number of likely N-dealkylation sites (N-methyl/N-ethyl adjacent to an activating group) is 1. The standard InChI is InChI=1S/C28H43N5O8/c1-17(2)14-21(31-25(37)20(30-18(3)34)12-8-9-13-29)27(39)33(4)23(15-19-10-6-5-7-11-19)26(38)32-22(28(40)41)16-24(35)36/h5-7,10-11,17,20-23H,8-9,12-16,29H2,1-4H3,(H,30,34)(H,31,37)(H,32,38)(H,35,36)(H,40,41)/t20-,21-,22-,23-/m0/s1. The van der Waals surface area contributed by atoms with Gasteiger partial charge in [-0.2, -0.15) is 0 Å².